The van der Waals surface area contributed by atoms with E-state index in [0.29, 0.717) is 18.9 Å². The molecule has 0 aliphatic carbocycles. The number of hydrogen-bond donors (Lipinski definition) is 3. The summed E-state index contributed by atoms with van der Waals surface area (Å²) in [4.78, 5) is 6.79. The zero-order chi connectivity index (χ0) is 22.4. The van der Waals surface area contributed by atoms with Crippen molar-refractivity contribution in [1.29, 1.82) is 0 Å². The first kappa shape index (κ1) is 22.1. The third-order valence-corrected chi connectivity index (χ3v) is 6.25. The summed E-state index contributed by atoms with van der Waals surface area (Å²) in [5.74, 6) is 2.13. The van der Waals surface area contributed by atoms with Crippen LogP contribution in [0.4, 0.5) is 0 Å². The molecule has 1 unspecified atom stereocenters. The SMILES string of the molecule is CC(C)CNC1=NC=CC(N)(Cc2ccc(-c3ccc(OCc4ccccc4)cc3)s2)N1. The number of nitrogens with zero attached hydrogens (tertiary/aromatic N) is 1. The molecule has 5 nitrogen and oxygen atoms in total. The Balaban J connectivity index is 1.35. The molecule has 4 rings (SSSR count). The number of guanidine groups is 1. The zero-order valence-corrected chi connectivity index (χ0v) is 19.4. The Morgan fingerprint density at radius 2 is 1.84 bits per heavy atom. The summed E-state index contributed by atoms with van der Waals surface area (Å²) < 4.78 is 5.90. The highest BCUT2D eigenvalue weighted by Gasteiger charge is 2.26. The van der Waals surface area contributed by atoms with E-state index in [-0.39, 0.29) is 0 Å². The van der Waals surface area contributed by atoms with E-state index >= 15 is 0 Å². The van der Waals surface area contributed by atoms with Crippen LogP contribution in [-0.4, -0.2) is 18.2 Å². The lowest BCUT2D eigenvalue weighted by molar-refractivity contribution is 0.306. The van der Waals surface area contributed by atoms with Crippen molar-refractivity contribution in [1.82, 2.24) is 10.6 Å². The average molecular weight is 447 g/mol. The van der Waals surface area contributed by atoms with Gasteiger partial charge in [-0.05, 0) is 59.5 Å². The first-order valence-corrected chi connectivity index (χ1v) is 11.7. The van der Waals surface area contributed by atoms with Crippen molar-refractivity contribution in [3.05, 3.63) is 89.4 Å². The highest BCUT2D eigenvalue weighted by molar-refractivity contribution is 7.15. The van der Waals surface area contributed by atoms with E-state index < -0.39 is 5.66 Å². The number of benzene rings is 2. The van der Waals surface area contributed by atoms with Crippen molar-refractivity contribution in [3.8, 4) is 16.2 Å². The van der Waals surface area contributed by atoms with Gasteiger partial charge in [0.2, 0.25) is 0 Å². The van der Waals surface area contributed by atoms with Crippen LogP contribution in [0.2, 0.25) is 0 Å². The molecule has 32 heavy (non-hydrogen) atoms. The Bertz CT molecular complexity index is 1070. The molecule has 3 aromatic rings. The van der Waals surface area contributed by atoms with Gasteiger partial charge in [-0.1, -0.05) is 44.2 Å². The Kier molecular flexibility index (Phi) is 6.93. The molecule has 6 heteroatoms. The van der Waals surface area contributed by atoms with Crippen LogP contribution >= 0.6 is 11.3 Å². The largest absolute Gasteiger partial charge is 0.489 e. The molecule has 2 heterocycles. The standard InChI is InChI=1S/C26H30N4OS/c1-19(2)17-29-25-28-15-14-26(27,30-25)16-23-12-13-24(32-23)21-8-10-22(11-9-21)31-18-20-6-4-3-5-7-20/h3-15,19H,16-18,27H2,1-2H3,(H2,28,29,30). The van der Waals surface area contributed by atoms with Crippen LogP contribution in [0.1, 0.15) is 24.3 Å². The van der Waals surface area contributed by atoms with Gasteiger partial charge >= 0.3 is 0 Å². The van der Waals surface area contributed by atoms with Gasteiger partial charge in [-0.3, -0.25) is 0 Å². The summed E-state index contributed by atoms with van der Waals surface area (Å²) in [5.41, 5.74) is 8.29. The number of thiophene rings is 1. The van der Waals surface area contributed by atoms with E-state index in [1.54, 1.807) is 17.5 Å². The van der Waals surface area contributed by atoms with E-state index in [1.807, 2.05) is 36.4 Å². The zero-order valence-electron chi connectivity index (χ0n) is 18.5. The lowest BCUT2D eigenvalue weighted by Gasteiger charge is -2.31. The minimum Gasteiger partial charge on any atom is -0.489 e. The van der Waals surface area contributed by atoms with Gasteiger partial charge in [-0.2, -0.15) is 0 Å². The first-order chi connectivity index (χ1) is 15.5. The van der Waals surface area contributed by atoms with E-state index in [4.69, 9.17) is 10.5 Å². The van der Waals surface area contributed by atoms with Crippen LogP contribution in [0, 0.1) is 5.92 Å². The molecule has 0 spiro atoms. The van der Waals surface area contributed by atoms with E-state index in [1.165, 1.54) is 15.3 Å². The fourth-order valence-electron chi connectivity index (χ4n) is 3.41. The number of hydrogen-bond acceptors (Lipinski definition) is 6. The quantitative estimate of drug-likeness (QED) is 0.460. The monoisotopic (exact) mass is 446 g/mol. The van der Waals surface area contributed by atoms with Gasteiger partial charge in [-0.15, -0.1) is 11.3 Å². The molecular formula is C26H30N4OS. The summed E-state index contributed by atoms with van der Waals surface area (Å²) in [5, 5.41) is 6.66. The minimum absolute atomic E-state index is 0.535. The normalized spacial score (nSPS) is 17.7. The molecule has 166 valence electrons. The minimum atomic E-state index is -0.654. The summed E-state index contributed by atoms with van der Waals surface area (Å²) in [6.45, 7) is 5.75. The number of rotatable bonds is 8. The second-order valence-corrected chi connectivity index (χ2v) is 9.64. The number of nitrogens with one attached hydrogen (secondary N) is 2. The lowest BCUT2D eigenvalue weighted by Crippen LogP contribution is -2.60. The van der Waals surface area contributed by atoms with Crippen LogP contribution in [0.25, 0.3) is 10.4 Å². The Morgan fingerprint density at radius 3 is 2.59 bits per heavy atom. The Hall–Kier alpha value is -3.09. The summed E-state index contributed by atoms with van der Waals surface area (Å²) in [6.07, 6.45) is 4.39. The molecule has 0 radical (unpaired) electrons. The Labute approximate surface area is 194 Å². The fourth-order valence-corrected chi connectivity index (χ4v) is 4.53. The highest BCUT2D eigenvalue weighted by Crippen LogP contribution is 2.31. The van der Waals surface area contributed by atoms with Gasteiger partial charge in [0.1, 0.15) is 18.0 Å². The molecule has 0 bridgehead atoms. The molecule has 4 N–H and O–H groups in total. The van der Waals surface area contributed by atoms with Crippen LogP contribution in [0.5, 0.6) is 5.75 Å². The highest BCUT2D eigenvalue weighted by atomic mass is 32.1. The van der Waals surface area contributed by atoms with Crippen molar-refractivity contribution in [2.24, 2.45) is 16.6 Å². The molecule has 1 aliphatic heterocycles. The maximum absolute atomic E-state index is 6.61. The molecule has 2 aromatic carbocycles. The fraction of sp³-hybridized carbons (Fsp3) is 0.269. The molecule has 0 saturated heterocycles. The third-order valence-electron chi connectivity index (χ3n) is 5.12. The summed E-state index contributed by atoms with van der Waals surface area (Å²) in [7, 11) is 0. The van der Waals surface area contributed by atoms with Gasteiger partial charge in [0, 0.05) is 28.9 Å². The maximum atomic E-state index is 6.61. The predicted molar refractivity (Wildman–Crippen MR) is 134 cm³/mol. The van der Waals surface area contributed by atoms with Crippen molar-refractivity contribution < 1.29 is 4.74 Å². The molecule has 1 atom stereocenters. The number of aliphatic imine (C=N–C) groups is 1. The van der Waals surface area contributed by atoms with Gasteiger partial charge in [-0.25, -0.2) is 4.99 Å². The van der Waals surface area contributed by atoms with E-state index in [9.17, 15) is 0 Å². The van der Waals surface area contributed by atoms with Crippen LogP contribution < -0.4 is 21.1 Å². The maximum Gasteiger partial charge on any atom is 0.197 e. The molecule has 0 amide bonds. The summed E-state index contributed by atoms with van der Waals surface area (Å²) in [6, 6.07) is 22.8. The van der Waals surface area contributed by atoms with Crippen molar-refractivity contribution in [2.75, 3.05) is 6.54 Å². The second-order valence-electron chi connectivity index (χ2n) is 8.47. The van der Waals surface area contributed by atoms with Crippen molar-refractivity contribution >= 4 is 17.3 Å². The van der Waals surface area contributed by atoms with Crippen LogP contribution in [-0.2, 0) is 13.0 Å². The molecular weight excluding hydrogens is 416 g/mol. The lowest BCUT2D eigenvalue weighted by atomic mass is 10.1. The summed E-state index contributed by atoms with van der Waals surface area (Å²) >= 11 is 1.76. The van der Waals surface area contributed by atoms with Gasteiger partial charge in [0.05, 0.1) is 0 Å². The van der Waals surface area contributed by atoms with E-state index in [2.05, 4.69) is 65.9 Å². The van der Waals surface area contributed by atoms with E-state index in [0.717, 1.165) is 23.8 Å². The van der Waals surface area contributed by atoms with Gasteiger partial charge in [0.15, 0.2) is 5.96 Å². The molecule has 0 fully saturated rings. The van der Waals surface area contributed by atoms with Gasteiger partial charge < -0.3 is 21.1 Å². The average Bonchev–Trinajstić information content (AvgIpc) is 3.25. The Morgan fingerprint density at radius 1 is 1.06 bits per heavy atom. The molecule has 1 aliphatic rings. The van der Waals surface area contributed by atoms with Crippen molar-refractivity contribution in [3.63, 3.8) is 0 Å². The number of nitrogens with two attached hydrogens (primary N) is 1. The predicted octanol–water partition coefficient (Wildman–Crippen LogP) is 4.91. The first-order valence-electron chi connectivity index (χ1n) is 10.9. The van der Waals surface area contributed by atoms with Crippen LogP contribution in [0.3, 0.4) is 0 Å². The molecule has 1 aromatic heterocycles. The smallest absolute Gasteiger partial charge is 0.197 e. The molecule has 0 saturated carbocycles. The van der Waals surface area contributed by atoms with Crippen molar-refractivity contribution in [2.45, 2.75) is 32.5 Å². The second kappa shape index (κ2) is 10.0. The third kappa shape index (κ3) is 5.99. The van der Waals surface area contributed by atoms with Crippen LogP contribution in [0.15, 0.2) is 84.0 Å². The number of ether oxygens (including phenoxy) is 1. The topological polar surface area (TPSA) is 71.7 Å². The van der Waals surface area contributed by atoms with Gasteiger partial charge in [0.25, 0.3) is 0 Å².